The van der Waals surface area contributed by atoms with Crippen LogP contribution in [0.4, 0.5) is 11.5 Å². The fourth-order valence-electron chi connectivity index (χ4n) is 4.08. The zero-order chi connectivity index (χ0) is 21.3. The van der Waals surface area contributed by atoms with Crippen LogP contribution in [0.5, 0.6) is 0 Å². The zero-order valence-corrected chi connectivity index (χ0v) is 17.4. The highest BCUT2D eigenvalue weighted by molar-refractivity contribution is 5.94. The number of rotatable bonds is 5. The van der Waals surface area contributed by atoms with Gasteiger partial charge in [0.05, 0.1) is 25.4 Å². The van der Waals surface area contributed by atoms with Crippen molar-refractivity contribution >= 4 is 17.4 Å². The summed E-state index contributed by atoms with van der Waals surface area (Å²) >= 11 is 0. The van der Waals surface area contributed by atoms with Crippen LogP contribution in [-0.2, 0) is 11.3 Å². The van der Waals surface area contributed by atoms with Gasteiger partial charge in [0.15, 0.2) is 0 Å². The number of carbonyl (C=O) groups is 1. The third-order valence-corrected chi connectivity index (χ3v) is 5.42. The van der Waals surface area contributed by atoms with Crippen molar-refractivity contribution in [2.24, 2.45) is 0 Å². The first-order chi connectivity index (χ1) is 14.5. The Labute approximate surface area is 175 Å². The van der Waals surface area contributed by atoms with Crippen LogP contribution < -0.4 is 10.2 Å². The fraction of sp³-hybridized carbons (Fsp3) is 0.364. The number of nitrogens with zero attached hydrogens (tertiary/aromatic N) is 5. The molecule has 3 heterocycles. The molecule has 8 heteroatoms. The van der Waals surface area contributed by atoms with Gasteiger partial charge < -0.3 is 15.3 Å². The van der Waals surface area contributed by atoms with E-state index in [0.29, 0.717) is 6.54 Å². The van der Waals surface area contributed by atoms with Crippen molar-refractivity contribution in [1.82, 2.24) is 20.0 Å². The smallest absolute Gasteiger partial charge is 0.224 e. The third kappa shape index (κ3) is 3.91. The molecule has 0 bridgehead atoms. The minimum Gasteiger partial charge on any atom is -0.394 e. The Balaban J connectivity index is 1.74. The summed E-state index contributed by atoms with van der Waals surface area (Å²) in [6.45, 7) is 6.11. The topological polar surface area (TPSA) is 96.2 Å². The molecule has 1 aliphatic heterocycles. The Morgan fingerprint density at radius 3 is 2.87 bits per heavy atom. The van der Waals surface area contributed by atoms with E-state index in [-0.39, 0.29) is 24.6 Å². The standard InChI is InChI=1S/C22H26N6O2/c1-14-6-7-23-22(10-14)24-19-11-15(2)28(16(3)30)21-5-4-17(12-18(19)21)20-13-27(8-9-29)26-25-20/h4-7,10,12-13,15,19,29H,8-9,11H2,1-3H3,(H,23,24)/t15-,19+/m0/s1. The first-order valence-electron chi connectivity index (χ1n) is 10.1. The first kappa shape index (κ1) is 20.0. The number of aryl methyl sites for hydroxylation is 1. The van der Waals surface area contributed by atoms with Crippen LogP contribution in [-0.4, -0.2) is 43.6 Å². The number of pyridine rings is 1. The highest BCUT2D eigenvalue weighted by Gasteiger charge is 2.33. The summed E-state index contributed by atoms with van der Waals surface area (Å²) in [5.74, 6) is 0.839. The summed E-state index contributed by atoms with van der Waals surface area (Å²) in [6.07, 6.45) is 4.38. The van der Waals surface area contributed by atoms with E-state index in [2.05, 4.69) is 33.6 Å². The zero-order valence-electron chi connectivity index (χ0n) is 17.4. The number of hydrogen-bond acceptors (Lipinski definition) is 6. The normalized spacial score (nSPS) is 18.2. The Hall–Kier alpha value is -3.26. The molecule has 1 aliphatic rings. The lowest BCUT2D eigenvalue weighted by Gasteiger charge is -2.39. The summed E-state index contributed by atoms with van der Waals surface area (Å²) < 4.78 is 1.62. The fourth-order valence-corrected chi connectivity index (χ4v) is 4.08. The molecule has 0 saturated carbocycles. The molecule has 1 aromatic carbocycles. The number of aliphatic hydroxyl groups is 1. The molecule has 0 saturated heterocycles. The maximum atomic E-state index is 12.4. The SMILES string of the molecule is CC(=O)N1c2ccc(-c3cn(CCO)nn3)cc2[C@H](Nc2cc(C)ccn2)C[C@@H]1C. The summed E-state index contributed by atoms with van der Waals surface area (Å²) in [7, 11) is 0. The van der Waals surface area contributed by atoms with Crippen LogP contribution in [0.15, 0.2) is 42.7 Å². The molecule has 1 amide bonds. The van der Waals surface area contributed by atoms with Gasteiger partial charge in [0.25, 0.3) is 0 Å². The summed E-state index contributed by atoms with van der Waals surface area (Å²) in [5.41, 5.74) is 4.71. The van der Waals surface area contributed by atoms with Crippen molar-refractivity contribution in [3.63, 3.8) is 0 Å². The van der Waals surface area contributed by atoms with E-state index >= 15 is 0 Å². The highest BCUT2D eigenvalue weighted by atomic mass is 16.3. The third-order valence-electron chi connectivity index (χ3n) is 5.42. The summed E-state index contributed by atoms with van der Waals surface area (Å²) in [6, 6.07) is 10.1. The molecular formula is C22H26N6O2. The number of amides is 1. The molecule has 0 radical (unpaired) electrons. The van der Waals surface area contributed by atoms with E-state index in [1.807, 2.05) is 42.3 Å². The summed E-state index contributed by atoms with van der Waals surface area (Å²) in [5, 5.41) is 21.0. The Bertz CT molecular complexity index is 1060. The first-order valence-corrected chi connectivity index (χ1v) is 10.1. The molecule has 2 atom stereocenters. The molecule has 3 aromatic rings. The molecule has 2 aromatic heterocycles. The van der Waals surface area contributed by atoms with Gasteiger partial charge in [0, 0.05) is 30.4 Å². The predicted molar refractivity (Wildman–Crippen MR) is 115 cm³/mol. The molecular weight excluding hydrogens is 380 g/mol. The van der Waals surface area contributed by atoms with Gasteiger partial charge in [-0.05, 0) is 55.7 Å². The molecule has 0 spiro atoms. The van der Waals surface area contributed by atoms with Crippen molar-refractivity contribution < 1.29 is 9.90 Å². The van der Waals surface area contributed by atoms with E-state index in [0.717, 1.165) is 40.3 Å². The van der Waals surface area contributed by atoms with Crippen molar-refractivity contribution in [2.75, 3.05) is 16.8 Å². The van der Waals surface area contributed by atoms with Crippen LogP contribution >= 0.6 is 0 Å². The number of aliphatic hydroxyl groups excluding tert-OH is 1. The van der Waals surface area contributed by atoms with Crippen molar-refractivity contribution in [1.29, 1.82) is 0 Å². The number of anilines is 2. The second-order valence-corrected chi connectivity index (χ2v) is 7.75. The average molecular weight is 406 g/mol. The molecule has 0 fully saturated rings. The molecule has 156 valence electrons. The maximum absolute atomic E-state index is 12.4. The van der Waals surface area contributed by atoms with E-state index in [1.165, 1.54) is 0 Å². The van der Waals surface area contributed by atoms with Gasteiger partial charge in [-0.25, -0.2) is 9.67 Å². The van der Waals surface area contributed by atoms with Crippen molar-refractivity contribution in [3.05, 3.63) is 53.9 Å². The maximum Gasteiger partial charge on any atom is 0.224 e. The lowest BCUT2D eigenvalue weighted by molar-refractivity contribution is -0.117. The lowest BCUT2D eigenvalue weighted by atomic mass is 9.89. The minimum absolute atomic E-state index is 0.00679. The van der Waals surface area contributed by atoms with Crippen LogP contribution in [0.1, 0.15) is 37.4 Å². The van der Waals surface area contributed by atoms with Gasteiger partial charge in [0.2, 0.25) is 5.91 Å². The van der Waals surface area contributed by atoms with Gasteiger partial charge in [0.1, 0.15) is 11.5 Å². The van der Waals surface area contributed by atoms with Gasteiger partial charge in [-0.3, -0.25) is 4.79 Å². The largest absolute Gasteiger partial charge is 0.394 e. The lowest BCUT2D eigenvalue weighted by Crippen LogP contribution is -2.43. The van der Waals surface area contributed by atoms with Gasteiger partial charge in [-0.2, -0.15) is 0 Å². The van der Waals surface area contributed by atoms with Crippen LogP contribution in [0.25, 0.3) is 11.3 Å². The Morgan fingerprint density at radius 2 is 2.13 bits per heavy atom. The molecule has 8 nitrogen and oxygen atoms in total. The number of carbonyl (C=O) groups excluding carboxylic acids is 1. The number of aromatic nitrogens is 4. The Kier molecular flexibility index (Phi) is 5.50. The molecule has 0 unspecified atom stereocenters. The van der Waals surface area contributed by atoms with Gasteiger partial charge in [-0.15, -0.1) is 5.10 Å². The van der Waals surface area contributed by atoms with Crippen LogP contribution in [0.3, 0.4) is 0 Å². The predicted octanol–water partition coefficient (Wildman–Crippen LogP) is 2.94. The molecule has 0 aliphatic carbocycles. The van der Waals surface area contributed by atoms with Gasteiger partial charge >= 0.3 is 0 Å². The quantitative estimate of drug-likeness (QED) is 0.676. The van der Waals surface area contributed by atoms with Crippen LogP contribution in [0.2, 0.25) is 0 Å². The monoisotopic (exact) mass is 406 g/mol. The molecule has 4 rings (SSSR count). The molecule has 30 heavy (non-hydrogen) atoms. The number of benzene rings is 1. The van der Waals surface area contributed by atoms with Crippen LogP contribution in [0, 0.1) is 6.92 Å². The van der Waals surface area contributed by atoms with Crippen molar-refractivity contribution in [3.8, 4) is 11.3 Å². The van der Waals surface area contributed by atoms with E-state index < -0.39 is 0 Å². The number of hydrogen-bond donors (Lipinski definition) is 2. The van der Waals surface area contributed by atoms with Gasteiger partial charge in [-0.1, -0.05) is 11.3 Å². The highest BCUT2D eigenvalue weighted by Crippen LogP contribution is 2.40. The average Bonchev–Trinajstić information content (AvgIpc) is 3.16. The second kappa shape index (κ2) is 8.23. The van der Waals surface area contributed by atoms with E-state index in [9.17, 15) is 4.79 Å². The minimum atomic E-state index is 0.00679. The molecule has 2 N–H and O–H groups in total. The van der Waals surface area contributed by atoms with Crippen molar-refractivity contribution in [2.45, 2.75) is 45.8 Å². The Morgan fingerprint density at radius 1 is 1.30 bits per heavy atom. The number of nitrogens with one attached hydrogen (secondary N) is 1. The second-order valence-electron chi connectivity index (χ2n) is 7.75. The van der Waals surface area contributed by atoms with E-state index in [1.54, 1.807) is 17.8 Å². The number of fused-ring (bicyclic) bond motifs is 1. The van der Waals surface area contributed by atoms with E-state index in [4.69, 9.17) is 5.11 Å². The summed E-state index contributed by atoms with van der Waals surface area (Å²) in [4.78, 5) is 18.7.